The normalized spacial score (nSPS) is 16.7. The largest absolute Gasteiger partial charge is 0.342 e. The molecule has 1 unspecified atom stereocenters. The number of hydrogen-bond acceptors (Lipinski definition) is 6. The summed E-state index contributed by atoms with van der Waals surface area (Å²) in [5.41, 5.74) is 1.67. The first-order chi connectivity index (χ1) is 14.2. The van der Waals surface area contributed by atoms with Crippen molar-refractivity contribution in [3.8, 4) is 11.5 Å². The Morgan fingerprint density at radius 1 is 1.31 bits per heavy atom. The summed E-state index contributed by atoms with van der Waals surface area (Å²) in [5, 5.41) is 4.70. The van der Waals surface area contributed by atoms with Crippen molar-refractivity contribution in [3.63, 3.8) is 0 Å². The molecule has 1 aliphatic rings. The van der Waals surface area contributed by atoms with Crippen molar-refractivity contribution in [2.75, 3.05) is 13.1 Å². The Morgan fingerprint density at radius 2 is 2.24 bits per heavy atom. The van der Waals surface area contributed by atoms with Crippen LogP contribution in [0.15, 0.2) is 47.4 Å². The Morgan fingerprint density at radius 3 is 3.07 bits per heavy atom. The molecule has 0 N–H and O–H groups in total. The maximum atomic E-state index is 12.7. The lowest BCUT2D eigenvalue weighted by molar-refractivity contribution is -0.133. The fourth-order valence-electron chi connectivity index (χ4n) is 3.66. The van der Waals surface area contributed by atoms with E-state index in [1.807, 2.05) is 29.2 Å². The second kappa shape index (κ2) is 9.13. The molecule has 150 valence electrons. The van der Waals surface area contributed by atoms with E-state index in [0.29, 0.717) is 47.6 Å². The number of carbonyl (C=O) groups is 1. The summed E-state index contributed by atoms with van der Waals surface area (Å²) in [7, 11) is 0. The van der Waals surface area contributed by atoms with Gasteiger partial charge in [0.2, 0.25) is 17.6 Å². The first-order valence-corrected chi connectivity index (χ1v) is 10.2. The molecular weight excluding hydrogens is 390 g/mol. The molecule has 0 radical (unpaired) electrons. The van der Waals surface area contributed by atoms with E-state index in [1.54, 1.807) is 18.6 Å². The number of piperidine rings is 1. The van der Waals surface area contributed by atoms with Gasteiger partial charge >= 0.3 is 0 Å². The highest BCUT2D eigenvalue weighted by molar-refractivity contribution is 6.30. The summed E-state index contributed by atoms with van der Waals surface area (Å²) in [6.07, 6.45) is 8.68. The Labute approximate surface area is 174 Å². The van der Waals surface area contributed by atoms with Gasteiger partial charge in [0.05, 0.1) is 6.20 Å². The van der Waals surface area contributed by atoms with Gasteiger partial charge in [0.1, 0.15) is 5.69 Å². The zero-order valence-corrected chi connectivity index (χ0v) is 16.8. The average Bonchev–Trinajstić information content (AvgIpc) is 3.21. The van der Waals surface area contributed by atoms with Gasteiger partial charge in [-0.2, -0.15) is 4.98 Å². The van der Waals surface area contributed by atoms with Crippen LogP contribution in [0.2, 0.25) is 5.02 Å². The van der Waals surface area contributed by atoms with Crippen molar-refractivity contribution in [1.82, 2.24) is 25.0 Å². The van der Waals surface area contributed by atoms with E-state index in [9.17, 15) is 4.79 Å². The van der Waals surface area contributed by atoms with Crippen LogP contribution < -0.4 is 0 Å². The number of rotatable bonds is 6. The van der Waals surface area contributed by atoms with E-state index in [2.05, 4.69) is 20.1 Å². The number of aromatic nitrogens is 4. The standard InChI is InChI=1S/C21H22ClN5O2/c22-17-5-1-3-15(11-17)6-7-20(28)27-10-2-4-16(14-27)12-19-25-21(26-29-19)18-13-23-8-9-24-18/h1,3,5,8-9,11,13,16H,2,4,6-7,10,12,14H2. The van der Waals surface area contributed by atoms with E-state index in [-0.39, 0.29) is 5.91 Å². The summed E-state index contributed by atoms with van der Waals surface area (Å²) in [6.45, 7) is 1.52. The Kier molecular flexibility index (Phi) is 6.14. The molecule has 1 fully saturated rings. The second-order valence-electron chi connectivity index (χ2n) is 7.28. The molecule has 1 aromatic carbocycles. The lowest BCUT2D eigenvalue weighted by Crippen LogP contribution is -2.40. The number of likely N-dealkylation sites (tertiary alicyclic amines) is 1. The van der Waals surface area contributed by atoms with Crippen LogP contribution in [0, 0.1) is 5.92 Å². The van der Waals surface area contributed by atoms with Gasteiger partial charge < -0.3 is 9.42 Å². The molecule has 0 aliphatic carbocycles. The van der Waals surface area contributed by atoms with Gasteiger partial charge in [-0.05, 0) is 42.9 Å². The highest BCUT2D eigenvalue weighted by Gasteiger charge is 2.25. The molecule has 0 bridgehead atoms. The van der Waals surface area contributed by atoms with Gasteiger partial charge in [-0.3, -0.25) is 9.78 Å². The molecule has 7 nitrogen and oxygen atoms in total. The summed E-state index contributed by atoms with van der Waals surface area (Å²) in [4.78, 5) is 27.3. The molecule has 8 heteroatoms. The summed E-state index contributed by atoms with van der Waals surface area (Å²) in [6, 6.07) is 7.68. The smallest absolute Gasteiger partial charge is 0.227 e. The van der Waals surface area contributed by atoms with Gasteiger partial charge in [-0.15, -0.1) is 0 Å². The maximum Gasteiger partial charge on any atom is 0.227 e. The molecule has 4 rings (SSSR count). The minimum Gasteiger partial charge on any atom is -0.342 e. The van der Waals surface area contributed by atoms with Crippen LogP contribution in [0.5, 0.6) is 0 Å². The number of halogens is 1. The van der Waals surface area contributed by atoms with Gasteiger partial charge in [0.15, 0.2) is 0 Å². The van der Waals surface area contributed by atoms with Gasteiger partial charge in [-0.1, -0.05) is 28.9 Å². The topological polar surface area (TPSA) is 85.0 Å². The molecule has 1 aliphatic heterocycles. The molecule has 1 atom stereocenters. The molecule has 1 amide bonds. The SMILES string of the molecule is O=C(CCc1cccc(Cl)c1)N1CCCC(Cc2nc(-c3cnccn3)no2)C1. The first kappa shape index (κ1) is 19.5. The summed E-state index contributed by atoms with van der Waals surface area (Å²) >= 11 is 6.02. The van der Waals surface area contributed by atoms with Gasteiger partial charge in [0, 0.05) is 43.3 Å². The minimum absolute atomic E-state index is 0.181. The fourth-order valence-corrected chi connectivity index (χ4v) is 3.88. The van der Waals surface area contributed by atoms with Crippen molar-refractivity contribution in [1.29, 1.82) is 0 Å². The molecule has 1 saturated heterocycles. The number of benzene rings is 1. The van der Waals surface area contributed by atoms with Gasteiger partial charge in [0.25, 0.3) is 0 Å². The number of aryl methyl sites for hydroxylation is 1. The Hall–Kier alpha value is -2.80. The molecule has 0 saturated carbocycles. The minimum atomic E-state index is 0.181. The third-order valence-electron chi connectivity index (χ3n) is 5.11. The summed E-state index contributed by atoms with van der Waals surface area (Å²) in [5.74, 6) is 1.51. The second-order valence-corrected chi connectivity index (χ2v) is 7.72. The zero-order chi connectivity index (χ0) is 20.1. The number of amides is 1. The van der Waals surface area contributed by atoms with Crippen LogP contribution in [0.3, 0.4) is 0 Å². The quantitative estimate of drug-likeness (QED) is 0.616. The molecule has 2 aromatic heterocycles. The van der Waals surface area contributed by atoms with Crippen molar-refractivity contribution in [2.24, 2.45) is 5.92 Å². The van der Waals surface area contributed by atoms with E-state index >= 15 is 0 Å². The Balaban J connectivity index is 1.31. The maximum absolute atomic E-state index is 12.7. The van der Waals surface area contributed by atoms with Crippen LogP contribution in [-0.4, -0.2) is 44.0 Å². The predicted molar refractivity (Wildman–Crippen MR) is 108 cm³/mol. The number of nitrogens with zero attached hydrogens (tertiary/aromatic N) is 5. The van der Waals surface area contributed by atoms with E-state index < -0.39 is 0 Å². The zero-order valence-electron chi connectivity index (χ0n) is 16.0. The number of carbonyl (C=O) groups excluding carboxylic acids is 1. The van der Waals surface area contributed by atoms with Crippen LogP contribution in [0.25, 0.3) is 11.5 Å². The average molecular weight is 412 g/mol. The fraction of sp³-hybridized carbons (Fsp3) is 0.381. The molecule has 0 spiro atoms. The molecule has 29 heavy (non-hydrogen) atoms. The first-order valence-electron chi connectivity index (χ1n) is 9.78. The molecule has 3 aromatic rings. The van der Waals surface area contributed by atoms with Gasteiger partial charge in [-0.25, -0.2) is 4.98 Å². The van der Waals surface area contributed by atoms with E-state index in [0.717, 1.165) is 31.5 Å². The highest BCUT2D eigenvalue weighted by atomic mass is 35.5. The van der Waals surface area contributed by atoms with Crippen molar-refractivity contribution < 1.29 is 9.32 Å². The Bertz CT molecular complexity index is 962. The number of hydrogen-bond donors (Lipinski definition) is 0. The lowest BCUT2D eigenvalue weighted by Gasteiger charge is -2.32. The van der Waals surface area contributed by atoms with Crippen LogP contribution in [-0.2, 0) is 17.6 Å². The van der Waals surface area contributed by atoms with Crippen LogP contribution in [0.1, 0.15) is 30.7 Å². The predicted octanol–water partition coefficient (Wildman–Crippen LogP) is 3.59. The van der Waals surface area contributed by atoms with E-state index in [1.165, 1.54) is 0 Å². The van der Waals surface area contributed by atoms with Crippen molar-refractivity contribution >= 4 is 17.5 Å². The van der Waals surface area contributed by atoms with Crippen LogP contribution in [0.4, 0.5) is 0 Å². The third kappa shape index (κ3) is 5.17. The highest BCUT2D eigenvalue weighted by Crippen LogP contribution is 2.22. The molecular formula is C21H22ClN5O2. The molecule has 3 heterocycles. The monoisotopic (exact) mass is 411 g/mol. The third-order valence-corrected chi connectivity index (χ3v) is 5.35. The van der Waals surface area contributed by atoms with Crippen LogP contribution >= 0.6 is 11.6 Å². The lowest BCUT2D eigenvalue weighted by atomic mass is 9.94. The van der Waals surface area contributed by atoms with Crippen molar-refractivity contribution in [2.45, 2.75) is 32.1 Å². The van der Waals surface area contributed by atoms with E-state index in [4.69, 9.17) is 16.1 Å². The summed E-state index contributed by atoms with van der Waals surface area (Å²) < 4.78 is 5.39. The van der Waals surface area contributed by atoms with Crippen molar-refractivity contribution in [3.05, 3.63) is 59.3 Å².